The van der Waals surface area contributed by atoms with Gasteiger partial charge in [-0.3, -0.25) is 0 Å². The Morgan fingerprint density at radius 2 is 0.774 bits per heavy atom. The number of rotatable bonds is 28. The Morgan fingerprint density at radius 1 is 0.472 bits per heavy atom. The molecular formula is C41H66N2O8S2. The first-order valence-electron chi connectivity index (χ1n) is 20.1. The first-order valence-corrected chi connectivity index (χ1v) is 23.1. The zero-order valence-corrected chi connectivity index (χ0v) is 35.0. The minimum absolute atomic E-state index is 0.0490. The number of unbranched alkanes of at least 4 members (excludes halogenated alkanes) is 12. The molecule has 0 bridgehead atoms. The van der Waals surface area contributed by atoms with Gasteiger partial charge in [0.15, 0.2) is 0 Å². The predicted octanol–water partition coefficient (Wildman–Crippen LogP) is 10.5. The highest BCUT2D eigenvalue weighted by atomic mass is 32.3. The Kier molecular flexibility index (Phi) is 21.8. The van der Waals surface area contributed by atoms with Crippen LogP contribution in [0.25, 0.3) is 5.53 Å². The summed E-state index contributed by atoms with van der Waals surface area (Å²) in [5.41, 5.74) is 11.4. The van der Waals surface area contributed by atoms with Gasteiger partial charge in [0.25, 0.3) is 19.7 Å². The molecule has 53 heavy (non-hydrogen) atoms. The van der Waals surface area contributed by atoms with E-state index in [1.807, 2.05) is 13.8 Å². The number of ether oxygens (including phenoxy) is 4. The highest BCUT2D eigenvalue weighted by Crippen LogP contribution is 2.38. The molecule has 0 N–H and O–H groups in total. The van der Waals surface area contributed by atoms with E-state index >= 15 is 0 Å². The second kappa shape index (κ2) is 25.1. The summed E-state index contributed by atoms with van der Waals surface area (Å²) in [6.45, 7) is 13.5. The largest absolute Gasteiger partial charge is 0.504 e. The number of benzene rings is 2. The van der Waals surface area contributed by atoms with Crippen molar-refractivity contribution < 1.29 is 40.6 Å². The molecule has 0 radical (unpaired) electrons. The van der Waals surface area contributed by atoms with Gasteiger partial charge in [0.1, 0.15) is 32.8 Å². The maximum absolute atomic E-state index is 14.5. The summed E-state index contributed by atoms with van der Waals surface area (Å²) in [6, 6.07) is 5.83. The van der Waals surface area contributed by atoms with Crippen LogP contribution in [0.5, 0.6) is 23.0 Å². The van der Waals surface area contributed by atoms with Crippen LogP contribution in [0.4, 0.5) is 0 Å². The molecule has 0 aliphatic heterocycles. The SMILES string of the molecule is CCCCCCOc1cc(OCCCCCC)c(S(=O)(=O)C(=[N+]=[N-])S(=O)(=O)c2cc(CC)c(OCCCCCC)cc2OCCCCCC)cc1CC. The summed E-state index contributed by atoms with van der Waals surface area (Å²) in [6.07, 6.45) is 16.1. The number of nitrogens with zero attached hydrogens (tertiary/aromatic N) is 2. The molecule has 0 aliphatic carbocycles. The molecule has 0 saturated carbocycles. The van der Waals surface area contributed by atoms with Crippen LogP contribution in [0.15, 0.2) is 34.1 Å². The lowest BCUT2D eigenvalue weighted by atomic mass is 10.1. The van der Waals surface area contributed by atoms with Crippen molar-refractivity contribution in [3.8, 4) is 23.0 Å². The van der Waals surface area contributed by atoms with E-state index in [1.165, 1.54) is 24.3 Å². The Morgan fingerprint density at radius 3 is 1.04 bits per heavy atom. The van der Waals surface area contributed by atoms with Gasteiger partial charge in [-0.1, -0.05) is 119 Å². The molecule has 2 rings (SSSR count). The summed E-state index contributed by atoms with van der Waals surface area (Å²) < 4.78 is 80.9. The summed E-state index contributed by atoms with van der Waals surface area (Å²) in [4.78, 5) is 2.19. The van der Waals surface area contributed by atoms with E-state index in [2.05, 4.69) is 32.5 Å². The lowest BCUT2D eigenvalue weighted by molar-refractivity contribution is 0.00377. The lowest BCUT2D eigenvalue weighted by Gasteiger charge is -2.18. The van der Waals surface area contributed by atoms with E-state index in [0.29, 0.717) is 61.5 Å². The molecule has 0 spiro atoms. The molecule has 0 aliphatic rings. The van der Waals surface area contributed by atoms with E-state index in [0.717, 1.165) is 89.9 Å². The Labute approximate surface area is 320 Å². The molecule has 0 heterocycles. The number of hydrogen-bond donors (Lipinski definition) is 0. The molecule has 0 atom stereocenters. The predicted molar refractivity (Wildman–Crippen MR) is 213 cm³/mol. The maximum atomic E-state index is 14.5. The Balaban J connectivity index is 2.67. The number of sulfone groups is 2. The average Bonchev–Trinajstić information content (AvgIpc) is 3.14. The van der Waals surface area contributed by atoms with Gasteiger partial charge in [-0.05, 0) is 61.8 Å². The van der Waals surface area contributed by atoms with Crippen LogP contribution in [0.1, 0.15) is 155 Å². The molecule has 0 amide bonds. The Bertz CT molecular complexity index is 1540. The molecular weight excluding hydrogens is 713 g/mol. The number of hydrogen-bond acceptors (Lipinski definition) is 8. The van der Waals surface area contributed by atoms with Crippen LogP contribution in [0.2, 0.25) is 0 Å². The van der Waals surface area contributed by atoms with Gasteiger partial charge in [-0.2, -0.15) is 0 Å². The second-order valence-corrected chi connectivity index (χ2v) is 17.5. The third-order valence-corrected chi connectivity index (χ3v) is 13.4. The minimum Gasteiger partial charge on any atom is -0.493 e. The first kappa shape index (κ1) is 46.1. The van der Waals surface area contributed by atoms with Crippen LogP contribution >= 0.6 is 0 Å². The second-order valence-electron chi connectivity index (χ2n) is 13.5. The quantitative estimate of drug-likeness (QED) is 0.0273. The summed E-state index contributed by atoms with van der Waals surface area (Å²) in [5.74, 6) is 0.862. The standard InChI is InChI=1S/C41H66N2O8S2/c1-7-13-17-21-25-48-35-31-37(50-27-23-19-15-9-3)39(29-33(35)11-5)52(44,45)41(43-42)53(46,47)40-30-34(12-6)36(49-26-22-18-14-8-2)32-38(40)51-28-24-20-16-10-4/h29-32H,7-28H2,1-6H3. The molecule has 10 nitrogen and oxygen atoms in total. The molecule has 0 saturated heterocycles. The van der Waals surface area contributed by atoms with Crippen LogP contribution in [-0.2, 0) is 32.5 Å². The van der Waals surface area contributed by atoms with Gasteiger partial charge in [0, 0.05) is 12.1 Å². The Hall–Kier alpha value is -3.08. The zero-order valence-electron chi connectivity index (χ0n) is 33.3. The minimum atomic E-state index is -4.97. The van der Waals surface area contributed by atoms with Gasteiger partial charge in [-0.25, -0.2) is 16.8 Å². The number of aryl methyl sites for hydroxylation is 2. The van der Waals surface area contributed by atoms with Gasteiger partial charge in [-0.15, -0.1) is 4.79 Å². The summed E-state index contributed by atoms with van der Waals surface area (Å²) in [5, 5.41) is 0. The normalized spacial score (nSPS) is 11.7. The third-order valence-electron chi connectivity index (χ3n) is 9.16. The van der Waals surface area contributed by atoms with Gasteiger partial charge in [0.05, 0.1) is 26.4 Å². The van der Waals surface area contributed by atoms with Crippen molar-refractivity contribution >= 4 is 24.1 Å². The highest BCUT2D eigenvalue weighted by Gasteiger charge is 2.47. The van der Waals surface area contributed by atoms with Crippen molar-refractivity contribution in [3.05, 3.63) is 40.9 Å². The first-order chi connectivity index (χ1) is 25.6. The van der Waals surface area contributed by atoms with Gasteiger partial charge in [0.2, 0.25) is 0 Å². The molecule has 300 valence electrons. The van der Waals surface area contributed by atoms with Crippen molar-refractivity contribution in [3.63, 3.8) is 0 Å². The van der Waals surface area contributed by atoms with Crippen molar-refractivity contribution in [1.82, 2.24) is 0 Å². The van der Waals surface area contributed by atoms with Crippen molar-refractivity contribution in [2.45, 2.75) is 167 Å². The molecule has 0 aromatic heterocycles. The maximum Gasteiger partial charge on any atom is 0.504 e. The van der Waals surface area contributed by atoms with Crippen LogP contribution in [0, 0.1) is 0 Å². The van der Waals surface area contributed by atoms with E-state index in [-0.39, 0.29) is 24.7 Å². The van der Waals surface area contributed by atoms with E-state index in [1.54, 1.807) is 0 Å². The smallest absolute Gasteiger partial charge is 0.493 e. The fourth-order valence-electron chi connectivity index (χ4n) is 5.92. The van der Waals surface area contributed by atoms with E-state index < -0.39 is 33.8 Å². The lowest BCUT2D eigenvalue weighted by Crippen LogP contribution is -2.27. The summed E-state index contributed by atoms with van der Waals surface area (Å²) >= 11 is 0. The zero-order chi connectivity index (χ0) is 39.1. The molecule has 2 aromatic rings. The van der Waals surface area contributed by atoms with Crippen molar-refractivity contribution in [1.29, 1.82) is 0 Å². The third kappa shape index (κ3) is 14.3. The van der Waals surface area contributed by atoms with Gasteiger partial charge >= 0.3 is 4.38 Å². The molecule has 0 unspecified atom stereocenters. The van der Waals surface area contributed by atoms with Crippen LogP contribution < -0.4 is 18.9 Å². The average molecular weight is 779 g/mol. The van der Waals surface area contributed by atoms with Crippen molar-refractivity contribution in [2.75, 3.05) is 26.4 Å². The van der Waals surface area contributed by atoms with Crippen molar-refractivity contribution in [2.24, 2.45) is 0 Å². The molecule has 12 heteroatoms. The van der Waals surface area contributed by atoms with E-state index in [4.69, 9.17) is 18.9 Å². The van der Waals surface area contributed by atoms with Gasteiger partial charge < -0.3 is 24.5 Å². The molecule has 0 fully saturated rings. The fourth-order valence-corrected chi connectivity index (χ4v) is 9.56. The molecule has 2 aromatic carbocycles. The van der Waals surface area contributed by atoms with Crippen LogP contribution in [-0.4, -0.2) is 52.4 Å². The summed E-state index contributed by atoms with van der Waals surface area (Å²) in [7, 11) is -9.95. The topological polar surface area (TPSA) is 142 Å². The van der Waals surface area contributed by atoms with Crippen LogP contribution in [0.3, 0.4) is 0 Å². The highest BCUT2D eigenvalue weighted by molar-refractivity contribution is 8.31. The monoisotopic (exact) mass is 778 g/mol. The van der Waals surface area contributed by atoms with E-state index in [9.17, 15) is 22.4 Å². The fraction of sp³-hybridized carbons (Fsp3) is 0.683.